The molecular weight excluding hydrogens is 302 g/mol. The molecule has 2 nitrogen and oxygen atoms in total. The van der Waals surface area contributed by atoms with Crippen LogP contribution in [0.3, 0.4) is 0 Å². The van der Waals surface area contributed by atoms with Crippen LogP contribution in [-0.4, -0.2) is 6.54 Å². The summed E-state index contributed by atoms with van der Waals surface area (Å²) in [6.07, 6.45) is 2.15. The summed E-state index contributed by atoms with van der Waals surface area (Å²) in [4.78, 5) is 0. The summed E-state index contributed by atoms with van der Waals surface area (Å²) in [6.45, 7) is 5.32. The van der Waals surface area contributed by atoms with Gasteiger partial charge >= 0.3 is 0 Å². The van der Waals surface area contributed by atoms with Crippen molar-refractivity contribution in [2.24, 2.45) is 0 Å². The molecular formula is C16H20BrNO. The van der Waals surface area contributed by atoms with Gasteiger partial charge in [-0.25, -0.2) is 0 Å². The third-order valence-corrected chi connectivity index (χ3v) is 3.60. The quantitative estimate of drug-likeness (QED) is 0.834. The maximum atomic E-state index is 5.72. The molecule has 102 valence electrons. The van der Waals surface area contributed by atoms with Gasteiger partial charge in [-0.05, 0) is 58.6 Å². The van der Waals surface area contributed by atoms with Crippen LogP contribution in [0.25, 0.3) is 0 Å². The first-order valence-electron chi connectivity index (χ1n) is 6.82. The molecule has 0 aliphatic rings. The van der Waals surface area contributed by atoms with Crippen molar-refractivity contribution in [3.05, 3.63) is 58.0 Å². The van der Waals surface area contributed by atoms with Gasteiger partial charge in [0, 0.05) is 0 Å². The zero-order valence-corrected chi connectivity index (χ0v) is 13.0. The molecule has 1 N–H and O–H groups in total. The number of rotatable bonds is 6. The Morgan fingerprint density at radius 2 is 2.05 bits per heavy atom. The molecule has 1 aromatic carbocycles. The van der Waals surface area contributed by atoms with E-state index in [1.54, 1.807) is 0 Å². The van der Waals surface area contributed by atoms with Crippen LogP contribution in [-0.2, 0) is 6.42 Å². The van der Waals surface area contributed by atoms with Gasteiger partial charge in [0.1, 0.15) is 5.76 Å². The Balaban J connectivity index is 2.30. The molecule has 0 aliphatic carbocycles. The van der Waals surface area contributed by atoms with Crippen LogP contribution in [0, 0.1) is 0 Å². The second-order valence-corrected chi connectivity index (χ2v) is 5.41. The number of hydrogen-bond acceptors (Lipinski definition) is 2. The molecule has 1 atom stereocenters. The topological polar surface area (TPSA) is 25.2 Å². The molecule has 19 heavy (non-hydrogen) atoms. The van der Waals surface area contributed by atoms with Crippen molar-refractivity contribution in [1.82, 2.24) is 5.32 Å². The molecule has 0 fully saturated rings. The third kappa shape index (κ3) is 3.71. The largest absolute Gasteiger partial charge is 0.452 e. The number of aryl methyl sites for hydroxylation is 1. The predicted octanol–water partition coefficient (Wildman–Crippen LogP) is 4.69. The van der Waals surface area contributed by atoms with E-state index in [-0.39, 0.29) is 6.04 Å². The highest BCUT2D eigenvalue weighted by atomic mass is 79.9. The van der Waals surface area contributed by atoms with Crippen LogP contribution in [0.5, 0.6) is 0 Å². The average molecular weight is 322 g/mol. The van der Waals surface area contributed by atoms with Crippen LogP contribution in [0.2, 0.25) is 0 Å². The second kappa shape index (κ2) is 6.92. The number of benzene rings is 1. The van der Waals surface area contributed by atoms with Gasteiger partial charge in [0.25, 0.3) is 0 Å². The van der Waals surface area contributed by atoms with Gasteiger partial charge in [-0.1, -0.05) is 38.1 Å². The summed E-state index contributed by atoms with van der Waals surface area (Å²) in [6, 6.07) is 12.8. The molecule has 0 saturated heterocycles. The molecule has 0 saturated carbocycles. The maximum absolute atomic E-state index is 5.72. The first kappa shape index (κ1) is 14.4. The highest BCUT2D eigenvalue weighted by Gasteiger charge is 2.17. The van der Waals surface area contributed by atoms with E-state index in [9.17, 15) is 0 Å². The lowest BCUT2D eigenvalue weighted by molar-refractivity contribution is 0.433. The fraction of sp³-hybridized carbons (Fsp3) is 0.375. The Morgan fingerprint density at radius 1 is 1.21 bits per heavy atom. The van der Waals surface area contributed by atoms with Crippen molar-refractivity contribution >= 4 is 15.9 Å². The van der Waals surface area contributed by atoms with Gasteiger partial charge in [-0.2, -0.15) is 0 Å². The molecule has 3 heteroatoms. The molecule has 1 aromatic heterocycles. The zero-order chi connectivity index (χ0) is 13.7. The van der Waals surface area contributed by atoms with Gasteiger partial charge in [-0.3, -0.25) is 0 Å². The highest BCUT2D eigenvalue weighted by Crippen LogP contribution is 2.26. The number of furan rings is 1. The number of hydrogen-bond donors (Lipinski definition) is 1. The Bertz CT molecular complexity index is 521. The summed E-state index contributed by atoms with van der Waals surface area (Å²) >= 11 is 3.37. The summed E-state index contributed by atoms with van der Waals surface area (Å²) in [5.41, 5.74) is 2.61. The van der Waals surface area contributed by atoms with Gasteiger partial charge in [-0.15, -0.1) is 0 Å². The van der Waals surface area contributed by atoms with E-state index in [1.807, 2.05) is 12.1 Å². The first-order chi connectivity index (χ1) is 9.24. The zero-order valence-electron chi connectivity index (χ0n) is 11.4. The lowest BCUT2D eigenvalue weighted by Gasteiger charge is -2.17. The van der Waals surface area contributed by atoms with Crippen molar-refractivity contribution in [2.45, 2.75) is 32.7 Å². The van der Waals surface area contributed by atoms with Gasteiger partial charge in [0.05, 0.1) is 6.04 Å². The van der Waals surface area contributed by atoms with E-state index in [0.717, 1.165) is 29.8 Å². The normalized spacial score (nSPS) is 12.6. The van der Waals surface area contributed by atoms with Gasteiger partial charge in [0.15, 0.2) is 4.67 Å². The first-order valence-corrected chi connectivity index (χ1v) is 7.61. The van der Waals surface area contributed by atoms with Gasteiger partial charge in [0.2, 0.25) is 0 Å². The SMILES string of the molecule is CCCNC(c1cccc(CC)c1)c1ccc(Br)o1. The molecule has 1 unspecified atom stereocenters. The minimum Gasteiger partial charge on any atom is -0.452 e. The molecule has 2 rings (SSSR count). The molecule has 0 radical (unpaired) electrons. The summed E-state index contributed by atoms with van der Waals surface area (Å²) in [5, 5.41) is 3.55. The number of halogens is 1. The lowest BCUT2D eigenvalue weighted by Crippen LogP contribution is -2.22. The Kier molecular flexibility index (Phi) is 5.23. The Hall–Kier alpha value is -1.06. The minimum absolute atomic E-state index is 0.123. The average Bonchev–Trinajstić information content (AvgIpc) is 2.86. The molecule has 0 amide bonds. The molecule has 2 aromatic rings. The fourth-order valence-corrected chi connectivity index (χ4v) is 2.47. The predicted molar refractivity (Wildman–Crippen MR) is 82.4 cm³/mol. The van der Waals surface area contributed by atoms with E-state index in [2.05, 4.69) is 59.4 Å². The van der Waals surface area contributed by atoms with Crippen molar-refractivity contribution in [3.8, 4) is 0 Å². The van der Waals surface area contributed by atoms with Gasteiger partial charge < -0.3 is 9.73 Å². The van der Waals surface area contributed by atoms with Crippen LogP contribution in [0.15, 0.2) is 45.5 Å². The van der Waals surface area contributed by atoms with Crippen LogP contribution >= 0.6 is 15.9 Å². The van der Waals surface area contributed by atoms with E-state index in [0.29, 0.717) is 0 Å². The van der Waals surface area contributed by atoms with E-state index in [4.69, 9.17) is 4.42 Å². The van der Waals surface area contributed by atoms with Crippen molar-refractivity contribution < 1.29 is 4.42 Å². The molecule has 0 spiro atoms. The van der Waals surface area contributed by atoms with E-state index >= 15 is 0 Å². The van der Waals surface area contributed by atoms with Crippen LogP contribution < -0.4 is 5.32 Å². The van der Waals surface area contributed by atoms with Crippen LogP contribution in [0.1, 0.15) is 43.2 Å². The Morgan fingerprint density at radius 3 is 2.68 bits per heavy atom. The smallest absolute Gasteiger partial charge is 0.169 e. The van der Waals surface area contributed by atoms with E-state index < -0.39 is 0 Å². The maximum Gasteiger partial charge on any atom is 0.169 e. The van der Waals surface area contributed by atoms with Crippen molar-refractivity contribution in [1.29, 1.82) is 0 Å². The summed E-state index contributed by atoms with van der Waals surface area (Å²) < 4.78 is 6.50. The molecule has 0 aliphatic heterocycles. The monoisotopic (exact) mass is 321 g/mol. The van der Waals surface area contributed by atoms with Crippen LogP contribution in [0.4, 0.5) is 0 Å². The number of nitrogens with one attached hydrogen (secondary N) is 1. The second-order valence-electron chi connectivity index (χ2n) is 4.63. The minimum atomic E-state index is 0.123. The van der Waals surface area contributed by atoms with Crippen molar-refractivity contribution in [3.63, 3.8) is 0 Å². The molecule has 1 heterocycles. The highest BCUT2D eigenvalue weighted by molar-refractivity contribution is 9.10. The fourth-order valence-electron chi connectivity index (χ4n) is 2.15. The Labute approximate surface area is 123 Å². The summed E-state index contributed by atoms with van der Waals surface area (Å²) in [5.74, 6) is 0.952. The van der Waals surface area contributed by atoms with E-state index in [1.165, 1.54) is 11.1 Å². The van der Waals surface area contributed by atoms with Crippen molar-refractivity contribution in [2.75, 3.05) is 6.54 Å². The third-order valence-electron chi connectivity index (χ3n) is 3.17. The lowest BCUT2D eigenvalue weighted by atomic mass is 10.0. The molecule has 0 bridgehead atoms. The summed E-state index contributed by atoms with van der Waals surface area (Å²) in [7, 11) is 0. The standard InChI is InChI=1S/C16H20BrNO/c1-3-10-18-16(14-8-9-15(17)19-14)13-7-5-6-12(4-2)11-13/h5-9,11,16,18H,3-4,10H2,1-2H3.